The number of ether oxygens (including phenoxy) is 1. The first-order chi connectivity index (χ1) is 9.85. The Hall–Kier alpha value is -0.0800. The Morgan fingerprint density at radius 1 is 1.24 bits per heavy atom. The van der Waals surface area contributed by atoms with E-state index in [1.165, 1.54) is 19.3 Å². The zero-order valence-corrected chi connectivity index (χ0v) is 15.8. The van der Waals surface area contributed by atoms with E-state index >= 15 is 0 Å². The Morgan fingerprint density at radius 3 is 2.67 bits per heavy atom. The van der Waals surface area contributed by atoms with Crippen molar-refractivity contribution in [2.45, 2.75) is 39.2 Å². The highest BCUT2D eigenvalue weighted by atomic mass is 127. The van der Waals surface area contributed by atoms with Crippen LogP contribution in [0.4, 0.5) is 0 Å². The highest BCUT2D eigenvalue weighted by molar-refractivity contribution is 14.0. The molecule has 2 fully saturated rings. The molecule has 21 heavy (non-hydrogen) atoms. The highest BCUT2D eigenvalue weighted by Crippen LogP contribution is 2.17. The zero-order chi connectivity index (χ0) is 14.2. The molecule has 0 aromatic rings. The zero-order valence-electron chi connectivity index (χ0n) is 13.5. The van der Waals surface area contributed by atoms with Crippen LogP contribution in [-0.4, -0.2) is 74.3 Å². The van der Waals surface area contributed by atoms with Crippen LogP contribution in [0.1, 0.15) is 33.1 Å². The molecule has 0 spiro atoms. The number of morpholine rings is 1. The number of halogens is 1. The number of nitrogens with one attached hydrogen (secondary N) is 1. The monoisotopic (exact) mass is 410 g/mol. The van der Waals surface area contributed by atoms with Crippen molar-refractivity contribution in [3.05, 3.63) is 0 Å². The third-order valence-electron chi connectivity index (χ3n) is 4.13. The van der Waals surface area contributed by atoms with Gasteiger partial charge in [-0.2, -0.15) is 0 Å². The number of likely N-dealkylation sites (tertiary alicyclic amines) is 1. The predicted molar refractivity (Wildman–Crippen MR) is 98.7 cm³/mol. The van der Waals surface area contributed by atoms with Gasteiger partial charge in [-0.05, 0) is 19.8 Å². The van der Waals surface area contributed by atoms with Crippen molar-refractivity contribution in [3.63, 3.8) is 0 Å². The van der Waals surface area contributed by atoms with Gasteiger partial charge < -0.3 is 15.0 Å². The quantitative estimate of drug-likeness (QED) is 0.325. The molecule has 2 rings (SSSR count). The van der Waals surface area contributed by atoms with E-state index < -0.39 is 0 Å². The van der Waals surface area contributed by atoms with Gasteiger partial charge in [-0.25, -0.2) is 0 Å². The molecule has 0 bridgehead atoms. The van der Waals surface area contributed by atoms with Crippen LogP contribution in [0, 0.1) is 0 Å². The summed E-state index contributed by atoms with van der Waals surface area (Å²) in [6, 6.07) is 0.675. The summed E-state index contributed by atoms with van der Waals surface area (Å²) in [7, 11) is 0. The fraction of sp³-hybridized carbons (Fsp3) is 0.933. The van der Waals surface area contributed by atoms with Crippen LogP contribution >= 0.6 is 24.0 Å². The lowest BCUT2D eigenvalue weighted by atomic mass is 10.2. The minimum Gasteiger partial charge on any atom is -0.379 e. The van der Waals surface area contributed by atoms with E-state index in [1.807, 2.05) is 0 Å². The summed E-state index contributed by atoms with van der Waals surface area (Å²) >= 11 is 0. The number of rotatable bonds is 5. The van der Waals surface area contributed by atoms with Gasteiger partial charge in [-0.3, -0.25) is 9.89 Å². The van der Waals surface area contributed by atoms with Crippen molar-refractivity contribution in [3.8, 4) is 0 Å². The van der Waals surface area contributed by atoms with Crippen molar-refractivity contribution in [1.29, 1.82) is 0 Å². The van der Waals surface area contributed by atoms with Gasteiger partial charge in [0.15, 0.2) is 5.96 Å². The number of aliphatic imine (C=N–C) groups is 1. The van der Waals surface area contributed by atoms with Crippen molar-refractivity contribution in [2.75, 3.05) is 52.5 Å². The number of guanidine groups is 1. The molecule has 0 radical (unpaired) electrons. The summed E-state index contributed by atoms with van der Waals surface area (Å²) in [6.07, 6.45) is 3.63. The molecule has 1 unspecified atom stereocenters. The summed E-state index contributed by atoms with van der Waals surface area (Å²) in [5.41, 5.74) is 0. The van der Waals surface area contributed by atoms with Gasteiger partial charge in [-0.15, -0.1) is 24.0 Å². The second-order valence-corrected chi connectivity index (χ2v) is 5.63. The Kier molecular flexibility index (Phi) is 9.59. The van der Waals surface area contributed by atoms with Crippen LogP contribution in [0.2, 0.25) is 0 Å². The van der Waals surface area contributed by atoms with E-state index in [-0.39, 0.29) is 24.0 Å². The fourth-order valence-electron chi connectivity index (χ4n) is 2.94. The number of hydrogen-bond donors (Lipinski definition) is 1. The lowest BCUT2D eigenvalue weighted by molar-refractivity contribution is 0.0195. The summed E-state index contributed by atoms with van der Waals surface area (Å²) in [4.78, 5) is 9.77. The minimum absolute atomic E-state index is 0. The highest BCUT2D eigenvalue weighted by Gasteiger charge is 2.30. The molecule has 0 amide bonds. The molecule has 6 heteroatoms. The van der Waals surface area contributed by atoms with E-state index in [9.17, 15) is 0 Å². The molecule has 124 valence electrons. The van der Waals surface area contributed by atoms with Gasteiger partial charge in [0, 0.05) is 45.3 Å². The smallest absolute Gasteiger partial charge is 0.193 e. The Labute approximate surface area is 146 Å². The summed E-state index contributed by atoms with van der Waals surface area (Å²) < 4.78 is 5.45. The maximum Gasteiger partial charge on any atom is 0.193 e. The van der Waals surface area contributed by atoms with Crippen LogP contribution < -0.4 is 5.32 Å². The van der Waals surface area contributed by atoms with E-state index in [4.69, 9.17) is 9.73 Å². The molecule has 0 aromatic heterocycles. The summed E-state index contributed by atoms with van der Waals surface area (Å²) in [5.74, 6) is 1.11. The Balaban J connectivity index is 0.00000220. The van der Waals surface area contributed by atoms with Crippen LogP contribution in [0.15, 0.2) is 4.99 Å². The van der Waals surface area contributed by atoms with E-state index in [0.717, 1.165) is 58.4 Å². The first-order valence-corrected chi connectivity index (χ1v) is 8.20. The largest absolute Gasteiger partial charge is 0.379 e. The average Bonchev–Trinajstić information content (AvgIpc) is 2.97. The Bertz CT molecular complexity index is 308. The van der Waals surface area contributed by atoms with E-state index in [0.29, 0.717) is 6.04 Å². The maximum atomic E-state index is 5.45. The van der Waals surface area contributed by atoms with Crippen LogP contribution in [-0.2, 0) is 4.74 Å². The van der Waals surface area contributed by atoms with Crippen molar-refractivity contribution in [2.24, 2.45) is 4.99 Å². The van der Waals surface area contributed by atoms with Crippen LogP contribution in [0.3, 0.4) is 0 Å². The molecule has 2 heterocycles. The second kappa shape index (κ2) is 10.6. The molecular weight excluding hydrogens is 379 g/mol. The lowest BCUT2D eigenvalue weighted by Gasteiger charge is -2.32. The third kappa shape index (κ3) is 5.90. The topological polar surface area (TPSA) is 40.1 Å². The molecule has 5 nitrogen and oxygen atoms in total. The molecule has 1 atom stereocenters. The molecule has 0 aromatic carbocycles. The summed E-state index contributed by atoms with van der Waals surface area (Å²) in [6.45, 7) is 12.4. The molecule has 1 N–H and O–H groups in total. The van der Waals surface area contributed by atoms with Gasteiger partial charge in [0.1, 0.15) is 0 Å². The maximum absolute atomic E-state index is 5.45. The molecule has 0 saturated carbocycles. The predicted octanol–water partition coefficient (Wildman–Crippen LogP) is 1.78. The SMILES string of the molecule is CCCCN=C(NCC)N1CCC(N2CCOCC2)C1.I. The molecule has 2 aliphatic rings. The van der Waals surface area contributed by atoms with Crippen molar-refractivity contribution in [1.82, 2.24) is 15.1 Å². The van der Waals surface area contributed by atoms with Gasteiger partial charge in [0.2, 0.25) is 0 Å². The van der Waals surface area contributed by atoms with Crippen molar-refractivity contribution >= 4 is 29.9 Å². The number of nitrogens with zero attached hydrogens (tertiary/aromatic N) is 3. The van der Waals surface area contributed by atoms with E-state index in [1.54, 1.807) is 0 Å². The fourth-order valence-corrected chi connectivity index (χ4v) is 2.94. The first-order valence-electron chi connectivity index (χ1n) is 8.20. The van der Waals surface area contributed by atoms with Gasteiger partial charge in [-0.1, -0.05) is 13.3 Å². The minimum atomic E-state index is 0. The molecule has 2 aliphatic heterocycles. The van der Waals surface area contributed by atoms with Crippen LogP contribution in [0.5, 0.6) is 0 Å². The normalized spacial score (nSPS) is 24.0. The van der Waals surface area contributed by atoms with Gasteiger partial charge in [0.25, 0.3) is 0 Å². The van der Waals surface area contributed by atoms with Crippen LogP contribution in [0.25, 0.3) is 0 Å². The molecular formula is C15H31IN4O. The standard InChI is InChI=1S/C15H30N4O.HI/c1-3-5-7-17-15(16-4-2)19-8-6-14(13-19)18-9-11-20-12-10-18;/h14H,3-13H2,1-2H3,(H,16,17);1H. The number of hydrogen-bond acceptors (Lipinski definition) is 3. The van der Waals surface area contributed by atoms with Crippen molar-refractivity contribution < 1.29 is 4.74 Å². The third-order valence-corrected chi connectivity index (χ3v) is 4.13. The van der Waals surface area contributed by atoms with Gasteiger partial charge >= 0.3 is 0 Å². The summed E-state index contributed by atoms with van der Waals surface area (Å²) in [5, 5.41) is 3.44. The first kappa shape index (κ1) is 19.0. The average molecular weight is 410 g/mol. The lowest BCUT2D eigenvalue weighted by Crippen LogP contribution is -2.46. The van der Waals surface area contributed by atoms with E-state index in [2.05, 4.69) is 29.0 Å². The molecule has 2 saturated heterocycles. The number of unbranched alkanes of at least 4 members (excludes halogenated alkanes) is 1. The van der Waals surface area contributed by atoms with Gasteiger partial charge in [0.05, 0.1) is 13.2 Å². The second-order valence-electron chi connectivity index (χ2n) is 5.63. The molecule has 0 aliphatic carbocycles. The Morgan fingerprint density at radius 2 is 2.00 bits per heavy atom.